The van der Waals surface area contributed by atoms with Gasteiger partial charge in [0.05, 0.1) is 11.6 Å². The van der Waals surface area contributed by atoms with Crippen LogP contribution in [0.3, 0.4) is 0 Å². The SMILES string of the molecule is N#Cc1ccc(-c2ccc(CCC=O)o2)cc1. The quantitative estimate of drug-likeness (QED) is 0.751. The van der Waals surface area contributed by atoms with Gasteiger partial charge in [-0.05, 0) is 36.4 Å². The molecule has 3 heteroatoms. The molecule has 0 saturated heterocycles. The molecule has 0 atom stereocenters. The van der Waals surface area contributed by atoms with E-state index in [0.717, 1.165) is 23.4 Å². The standard InChI is InChI=1S/C14H11NO2/c15-10-11-3-5-12(6-4-11)14-8-7-13(17-14)2-1-9-16/h3-9H,1-2H2. The van der Waals surface area contributed by atoms with Crippen LogP contribution in [0.25, 0.3) is 11.3 Å². The molecule has 84 valence electrons. The summed E-state index contributed by atoms with van der Waals surface area (Å²) >= 11 is 0. The van der Waals surface area contributed by atoms with Gasteiger partial charge in [0.15, 0.2) is 0 Å². The van der Waals surface area contributed by atoms with Gasteiger partial charge in [-0.15, -0.1) is 0 Å². The van der Waals surface area contributed by atoms with Gasteiger partial charge in [-0.1, -0.05) is 0 Å². The highest BCUT2D eigenvalue weighted by Gasteiger charge is 2.04. The number of nitrogens with zero attached hydrogens (tertiary/aromatic N) is 1. The Labute approximate surface area is 99.3 Å². The van der Waals surface area contributed by atoms with E-state index in [2.05, 4.69) is 6.07 Å². The topological polar surface area (TPSA) is 54.0 Å². The number of hydrogen-bond acceptors (Lipinski definition) is 3. The van der Waals surface area contributed by atoms with E-state index in [1.54, 1.807) is 12.1 Å². The number of nitriles is 1. The number of carbonyl (C=O) groups is 1. The van der Waals surface area contributed by atoms with Crippen molar-refractivity contribution in [2.45, 2.75) is 12.8 Å². The summed E-state index contributed by atoms with van der Waals surface area (Å²) in [4.78, 5) is 10.3. The zero-order chi connectivity index (χ0) is 12.1. The molecule has 0 aliphatic heterocycles. The molecule has 17 heavy (non-hydrogen) atoms. The predicted molar refractivity (Wildman–Crippen MR) is 63.2 cm³/mol. The van der Waals surface area contributed by atoms with Crippen molar-refractivity contribution < 1.29 is 9.21 Å². The fourth-order valence-electron chi connectivity index (χ4n) is 1.58. The first-order chi connectivity index (χ1) is 8.33. The second-order valence-corrected chi connectivity index (χ2v) is 3.66. The van der Waals surface area contributed by atoms with E-state index in [-0.39, 0.29) is 0 Å². The Hall–Kier alpha value is -2.34. The molecule has 0 aliphatic rings. The summed E-state index contributed by atoms with van der Waals surface area (Å²) in [5, 5.41) is 8.69. The molecule has 2 aromatic rings. The Morgan fingerprint density at radius 3 is 2.59 bits per heavy atom. The predicted octanol–water partition coefficient (Wildman–Crippen LogP) is 2.95. The highest BCUT2D eigenvalue weighted by atomic mass is 16.3. The summed E-state index contributed by atoms with van der Waals surface area (Å²) in [7, 11) is 0. The Bertz CT molecular complexity index is 546. The van der Waals surface area contributed by atoms with Gasteiger partial charge in [0, 0.05) is 18.4 Å². The van der Waals surface area contributed by atoms with Gasteiger partial charge in [-0.2, -0.15) is 5.26 Å². The summed E-state index contributed by atoms with van der Waals surface area (Å²) < 4.78 is 5.60. The van der Waals surface area contributed by atoms with E-state index >= 15 is 0 Å². The number of hydrogen-bond donors (Lipinski definition) is 0. The molecule has 1 aromatic heterocycles. The fraction of sp³-hybridized carbons (Fsp3) is 0.143. The van der Waals surface area contributed by atoms with Crippen molar-refractivity contribution in [1.82, 2.24) is 0 Å². The minimum Gasteiger partial charge on any atom is -0.461 e. The number of aryl methyl sites for hydroxylation is 1. The van der Waals surface area contributed by atoms with Gasteiger partial charge in [0.25, 0.3) is 0 Å². The average molecular weight is 225 g/mol. The first-order valence-electron chi connectivity index (χ1n) is 5.36. The van der Waals surface area contributed by atoms with Gasteiger partial charge in [-0.25, -0.2) is 0 Å². The average Bonchev–Trinajstić information content (AvgIpc) is 2.85. The maximum Gasteiger partial charge on any atom is 0.134 e. The van der Waals surface area contributed by atoms with Crippen LogP contribution in [0.2, 0.25) is 0 Å². The highest BCUT2D eigenvalue weighted by Crippen LogP contribution is 2.22. The molecule has 1 heterocycles. The van der Waals surface area contributed by atoms with E-state index in [0.29, 0.717) is 18.4 Å². The lowest BCUT2D eigenvalue weighted by molar-refractivity contribution is -0.107. The number of furan rings is 1. The molecule has 0 spiro atoms. The molecule has 0 amide bonds. The van der Waals surface area contributed by atoms with Crippen molar-refractivity contribution in [2.24, 2.45) is 0 Å². The normalized spacial score (nSPS) is 9.82. The lowest BCUT2D eigenvalue weighted by Gasteiger charge is -1.97. The van der Waals surface area contributed by atoms with Gasteiger partial charge in [0.2, 0.25) is 0 Å². The van der Waals surface area contributed by atoms with Gasteiger partial charge in [-0.3, -0.25) is 0 Å². The van der Waals surface area contributed by atoms with Crippen molar-refractivity contribution in [3.05, 3.63) is 47.7 Å². The number of benzene rings is 1. The lowest BCUT2D eigenvalue weighted by Crippen LogP contribution is -1.81. The maximum atomic E-state index is 10.3. The van der Waals surface area contributed by atoms with Crippen molar-refractivity contribution >= 4 is 6.29 Å². The van der Waals surface area contributed by atoms with Crippen molar-refractivity contribution in [1.29, 1.82) is 5.26 Å². The van der Waals surface area contributed by atoms with E-state index in [4.69, 9.17) is 9.68 Å². The second kappa shape index (κ2) is 5.13. The Morgan fingerprint density at radius 2 is 1.94 bits per heavy atom. The second-order valence-electron chi connectivity index (χ2n) is 3.66. The summed E-state index contributed by atoms with van der Waals surface area (Å²) in [6.07, 6.45) is 1.98. The van der Waals surface area contributed by atoms with Crippen LogP contribution in [0.5, 0.6) is 0 Å². The third kappa shape index (κ3) is 2.61. The Balaban J connectivity index is 2.18. The molecular formula is C14H11NO2. The third-order valence-electron chi connectivity index (χ3n) is 2.47. The molecular weight excluding hydrogens is 214 g/mol. The monoisotopic (exact) mass is 225 g/mol. The molecule has 3 nitrogen and oxygen atoms in total. The van der Waals surface area contributed by atoms with Crippen molar-refractivity contribution in [2.75, 3.05) is 0 Å². The third-order valence-corrected chi connectivity index (χ3v) is 2.47. The largest absolute Gasteiger partial charge is 0.461 e. The molecule has 0 radical (unpaired) electrons. The summed E-state index contributed by atoms with van der Waals surface area (Å²) in [5.74, 6) is 1.56. The molecule has 0 bridgehead atoms. The smallest absolute Gasteiger partial charge is 0.134 e. The van der Waals surface area contributed by atoms with Crippen molar-refractivity contribution in [3.63, 3.8) is 0 Å². The van der Waals surface area contributed by atoms with E-state index in [1.165, 1.54) is 0 Å². The minimum absolute atomic E-state index is 0.473. The number of carbonyl (C=O) groups excluding carboxylic acids is 1. The molecule has 0 saturated carbocycles. The van der Waals surface area contributed by atoms with Crippen LogP contribution in [-0.4, -0.2) is 6.29 Å². The van der Waals surface area contributed by atoms with Crippen LogP contribution in [-0.2, 0) is 11.2 Å². The zero-order valence-corrected chi connectivity index (χ0v) is 9.22. The molecule has 2 rings (SSSR count). The zero-order valence-electron chi connectivity index (χ0n) is 9.22. The summed E-state index contributed by atoms with van der Waals surface area (Å²) in [6.45, 7) is 0. The lowest BCUT2D eigenvalue weighted by atomic mass is 10.1. The van der Waals surface area contributed by atoms with E-state index < -0.39 is 0 Å². The van der Waals surface area contributed by atoms with Crippen LogP contribution in [0, 0.1) is 11.3 Å². The molecule has 0 unspecified atom stereocenters. The minimum atomic E-state index is 0.473. The summed E-state index contributed by atoms with van der Waals surface area (Å²) in [6, 6.07) is 13.0. The first-order valence-corrected chi connectivity index (χ1v) is 5.36. The Morgan fingerprint density at radius 1 is 1.18 bits per heavy atom. The van der Waals surface area contributed by atoms with E-state index in [1.807, 2.05) is 24.3 Å². The van der Waals surface area contributed by atoms with Crippen LogP contribution in [0.15, 0.2) is 40.8 Å². The van der Waals surface area contributed by atoms with Crippen LogP contribution < -0.4 is 0 Å². The van der Waals surface area contributed by atoms with Gasteiger partial charge in [0.1, 0.15) is 17.8 Å². The highest BCUT2D eigenvalue weighted by molar-refractivity contribution is 5.59. The van der Waals surface area contributed by atoms with E-state index in [9.17, 15) is 4.79 Å². The van der Waals surface area contributed by atoms with Gasteiger partial charge < -0.3 is 9.21 Å². The van der Waals surface area contributed by atoms with Crippen LogP contribution in [0.1, 0.15) is 17.7 Å². The maximum absolute atomic E-state index is 10.3. The molecule has 0 N–H and O–H groups in total. The number of rotatable bonds is 4. The molecule has 0 aliphatic carbocycles. The molecule has 0 fully saturated rings. The number of aldehydes is 1. The summed E-state index contributed by atoms with van der Waals surface area (Å²) in [5.41, 5.74) is 1.56. The first kappa shape index (κ1) is 11.2. The molecule has 1 aromatic carbocycles. The van der Waals surface area contributed by atoms with Crippen LogP contribution in [0.4, 0.5) is 0 Å². The van der Waals surface area contributed by atoms with Crippen molar-refractivity contribution in [3.8, 4) is 17.4 Å². The fourth-order valence-corrected chi connectivity index (χ4v) is 1.58. The Kier molecular flexibility index (Phi) is 3.37. The van der Waals surface area contributed by atoms with Gasteiger partial charge >= 0.3 is 0 Å². The van der Waals surface area contributed by atoms with Crippen LogP contribution >= 0.6 is 0 Å².